The van der Waals surface area contributed by atoms with Crippen LogP contribution in [0.4, 0.5) is 11.4 Å². The maximum Gasteiger partial charge on any atom is 0.241 e. The summed E-state index contributed by atoms with van der Waals surface area (Å²) in [4.78, 5) is 17.0. The number of carbonyl (C=O) groups excluding carboxylic acids is 1. The van der Waals surface area contributed by atoms with Crippen LogP contribution in [0.5, 0.6) is 0 Å². The summed E-state index contributed by atoms with van der Waals surface area (Å²) in [6.07, 6.45) is 0. The summed E-state index contributed by atoms with van der Waals surface area (Å²) in [5.74, 6) is 0.0265. The standard InChI is InChI=1S/C16H26N4O/c1-12(2)19-7-9-20(10-8-19)13(3)16(21)18-15-6-4-5-14(17)11-15/h4-6,11-13H,7-10,17H2,1-3H3,(H,18,21). The van der Waals surface area contributed by atoms with Crippen LogP contribution in [-0.2, 0) is 4.79 Å². The Morgan fingerprint density at radius 2 is 1.76 bits per heavy atom. The molecule has 0 saturated carbocycles. The van der Waals surface area contributed by atoms with Crippen LogP contribution in [-0.4, -0.2) is 54.0 Å². The predicted octanol–water partition coefficient (Wildman–Crippen LogP) is 1.62. The number of hydrogen-bond acceptors (Lipinski definition) is 4. The summed E-state index contributed by atoms with van der Waals surface area (Å²) in [6, 6.07) is 7.74. The van der Waals surface area contributed by atoms with Gasteiger partial charge in [-0.1, -0.05) is 6.07 Å². The first-order chi connectivity index (χ1) is 9.97. The van der Waals surface area contributed by atoms with Gasteiger partial charge in [0.05, 0.1) is 6.04 Å². The zero-order valence-corrected chi connectivity index (χ0v) is 13.2. The lowest BCUT2D eigenvalue weighted by atomic mass is 10.2. The van der Waals surface area contributed by atoms with E-state index in [1.807, 2.05) is 25.1 Å². The van der Waals surface area contributed by atoms with Crippen molar-refractivity contribution in [2.45, 2.75) is 32.9 Å². The molecular formula is C16H26N4O. The quantitative estimate of drug-likeness (QED) is 0.827. The molecule has 1 amide bonds. The van der Waals surface area contributed by atoms with Crippen LogP contribution < -0.4 is 11.1 Å². The number of hydrogen-bond donors (Lipinski definition) is 2. The second-order valence-corrected chi connectivity index (χ2v) is 5.96. The first kappa shape index (κ1) is 15.8. The molecule has 116 valence electrons. The maximum absolute atomic E-state index is 12.3. The molecule has 1 aromatic carbocycles. The Labute approximate surface area is 127 Å². The molecule has 1 aliphatic heterocycles. The predicted molar refractivity (Wildman–Crippen MR) is 87.2 cm³/mol. The van der Waals surface area contributed by atoms with E-state index in [4.69, 9.17) is 5.73 Å². The molecule has 0 radical (unpaired) electrons. The number of nitrogens with one attached hydrogen (secondary N) is 1. The van der Waals surface area contributed by atoms with Gasteiger partial charge in [-0.15, -0.1) is 0 Å². The Hall–Kier alpha value is -1.59. The van der Waals surface area contributed by atoms with Gasteiger partial charge < -0.3 is 11.1 Å². The van der Waals surface area contributed by atoms with E-state index in [2.05, 4.69) is 29.0 Å². The van der Waals surface area contributed by atoms with Gasteiger partial charge in [-0.2, -0.15) is 0 Å². The Morgan fingerprint density at radius 3 is 2.33 bits per heavy atom. The van der Waals surface area contributed by atoms with Gasteiger partial charge in [0.2, 0.25) is 5.91 Å². The van der Waals surface area contributed by atoms with Gasteiger partial charge in [-0.3, -0.25) is 14.6 Å². The largest absolute Gasteiger partial charge is 0.399 e. The highest BCUT2D eigenvalue weighted by atomic mass is 16.2. The summed E-state index contributed by atoms with van der Waals surface area (Å²) in [5, 5.41) is 2.94. The minimum absolute atomic E-state index is 0.0265. The van der Waals surface area contributed by atoms with Gasteiger partial charge in [0.1, 0.15) is 0 Å². The van der Waals surface area contributed by atoms with E-state index in [1.165, 1.54) is 0 Å². The van der Waals surface area contributed by atoms with Crippen molar-refractivity contribution >= 4 is 17.3 Å². The van der Waals surface area contributed by atoms with E-state index in [-0.39, 0.29) is 11.9 Å². The second-order valence-electron chi connectivity index (χ2n) is 5.96. The third-order valence-electron chi connectivity index (χ3n) is 4.16. The van der Waals surface area contributed by atoms with Gasteiger partial charge in [0.25, 0.3) is 0 Å². The van der Waals surface area contributed by atoms with Crippen LogP contribution in [0.2, 0.25) is 0 Å². The number of anilines is 2. The van der Waals surface area contributed by atoms with Crippen molar-refractivity contribution in [3.63, 3.8) is 0 Å². The average Bonchev–Trinajstić information content (AvgIpc) is 2.46. The van der Waals surface area contributed by atoms with Crippen LogP contribution in [0.3, 0.4) is 0 Å². The zero-order chi connectivity index (χ0) is 15.4. The topological polar surface area (TPSA) is 61.6 Å². The maximum atomic E-state index is 12.3. The fourth-order valence-corrected chi connectivity index (χ4v) is 2.67. The number of rotatable bonds is 4. The van der Waals surface area contributed by atoms with Gasteiger partial charge >= 0.3 is 0 Å². The Morgan fingerprint density at radius 1 is 1.14 bits per heavy atom. The summed E-state index contributed by atoms with van der Waals surface area (Å²) in [6.45, 7) is 10.3. The molecule has 5 nitrogen and oxygen atoms in total. The number of carbonyl (C=O) groups is 1. The van der Waals surface area contributed by atoms with E-state index in [0.29, 0.717) is 11.7 Å². The van der Waals surface area contributed by atoms with Crippen molar-refractivity contribution in [3.05, 3.63) is 24.3 Å². The third-order valence-corrected chi connectivity index (χ3v) is 4.16. The molecule has 0 spiro atoms. The normalized spacial score (nSPS) is 18.7. The number of nitrogen functional groups attached to an aromatic ring is 1. The highest BCUT2D eigenvalue weighted by Gasteiger charge is 2.26. The van der Waals surface area contributed by atoms with Gasteiger partial charge in [-0.05, 0) is 39.0 Å². The lowest BCUT2D eigenvalue weighted by molar-refractivity contribution is -0.121. The highest BCUT2D eigenvalue weighted by molar-refractivity contribution is 5.94. The number of piperazine rings is 1. The monoisotopic (exact) mass is 290 g/mol. The minimum atomic E-state index is -0.124. The first-order valence-corrected chi connectivity index (χ1v) is 7.62. The molecule has 3 N–H and O–H groups in total. The summed E-state index contributed by atoms with van der Waals surface area (Å²) in [7, 11) is 0. The van der Waals surface area contributed by atoms with E-state index >= 15 is 0 Å². The van der Waals surface area contributed by atoms with Crippen LogP contribution in [0.15, 0.2) is 24.3 Å². The molecule has 1 heterocycles. The van der Waals surface area contributed by atoms with Gasteiger partial charge in [0, 0.05) is 43.6 Å². The molecule has 2 rings (SSSR count). The second kappa shape index (κ2) is 6.91. The van der Waals surface area contributed by atoms with Gasteiger partial charge in [0.15, 0.2) is 0 Å². The molecule has 21 heavy (non-hydrogen) atoms. The van der Waals surface area contributed by atoms with Crippen molar-refractivity contribution in [2.75, 3.05) is 37.2 Å². The summed E-state index contributed by atoms with van der Waals surface area (Å²) < 4.78 is 0. The Balaban J connectivity index is 1.88. The van der Waals surface area contributed by atoms with Crippen LogP contribution in [0.1, 0.15) is 20.8 Å². The number of amides is 1. The summed E-state index contributed by atoms with van der Waals surface area (Å²) in [5.41, 5.74) is 7.15. The SMILES string of the molecule is CC(C)N1CCN(C(C)C(=O)Nc2cccc(N)c2)CC1. The van der Waals surface area contributed by atoms with Crippen molar-refractivity contribution in [2.24, 2.45) is 0 Å². The number of nitrogens with two attached hydrogens (primary N) is 1. The van der Waals surface area contributed by atoms with E-state index in [1.54, 1.807) is 6.07 Å². The molecule has 0 aromatic heterocycles. The third kappa shape index (κ3) is 4.19. The molecule has 1 aliphatic rings. The fraction of sp³-hybridized carbons (Fsp3) is 0.562. The highest BCUT2D eigenvalue weighted by Crippen LogP contribution is 2.14. The van der Waals surface area contributed by atoms with Crippen LogP contribution >= 0.6 is 0 Å². The van der Waals surface area contributed by atoms with Crippen LogP contribution in [0.25, 0.3) is 0 Å². The van der Waals surface area contributed by atoms with Crippen LogP contribution in [0, 0.1) is 0 Å². The molecular weight excluding hydrogens is 264 g/mol. The first-order valence-electron chi connectivity index (χ1n) is 7.62. The number of nitrogens with zero attached hydrogens (tertiary/aromatic N) is 2. The average molecular weight is 290 g/mol. The molecule has 5 heteroatoms. The van der Waals surface area contributed by atoms with Crippen molar-refractivity contribution < 1.29 is 4.79 Å². The lowest BCUT2D eigenvalue weighted by Crippen LogP contribution is -2.54. The number of benzene rings is 1. The van der Waals surface area contributed by atoms with Gasteiger partial charge in [-0.25, -0.2) is 0 Å². The van der Waals surface area contributed by atoms with Crippen molar-refractivity contribution in [1.29, 1.82) is 0 Å². The molecule has 0 bridgehead atoms. The zero-order valence-electron chi connectivity index (χ0n) is 13.2. The molecule has 1 saturated heterocycles. The molecule has 1 unspecified atom stereocenters. The Kier molecular flexibility index (Phi) is 5.20. The fourth-order valence-electron chi connectivity index (χ4n) is 2.67. The minimum Gasteiger partial charge on any atom is -0.399 e. The summed E-state index contributed by atoms with van der Waals surface area (Å²) >= 11 is 0. The van der Waals surface area contributed by atoms with E-state index in [9.17, 15) is 4.79 Å². The Bertz CT molecular complexity index is 481. The molecule has 1 fully saturated rings. The molecule has 1 aromatic rings. The molecule has 0 aliphatic carbocycles. The lowest BCUT2D eigenvalue weighted by Gasteiger charge is -2.39. The van der Waals surface area contributed by atoms with E-state index < -0.39 is 0 Å². The van der Waals surface area contributed by atoms with E-state index in [0.717, 1.165) is 31.9 Å². The van der Waals surface area contributed by atoms with Crippen molar-refractivity contribution in [1.82, 2.24) is 9.80 Å². The smallest absolute Gasteiger partial charge is 0.241 e. The van der Waals surface area contributed by atoms with Crippen molar-refractivity contribution in [3.8, 4) is 0 Å². The molecule has 1 atom stereocenters.